The molecule has 0 saturated heterocycles. The zero-order valence-corrected chi connectivity index (χ0v) is 17.2. The van der Waals surface area contributed by atoms with Crippen molar-refractivity contribution < 1.29 is 8.95 Å². The standard InChI is InChI=1S/C21H16ClN5O2S/c1-30(28)19-10-4-9-18(29-17-8-3-2-7-15(17)22)20(19)26-21(27-30)25-13-16-14(12-23)6-5-11-24-16/h2-11H,1,13H2,(H2,25,26,27,28). The predicted molar refractivity (Wildman–Crippen MR) is 118 cm³/mol. The Morgan fingerprint density at radius 3 is 2.77 bits per heavy atom. The van der Waals surface area contributed by atoms with Gasteiger partial charge < -0.3 is 10.1 Å². The summed E-state index contributed by atoms with van der Waals surface area (Å²) < 4.78 is 21.9. The first-order chi connectivity index (χ1) is 14.5. The summed E-state index contributed by atoms with van der Waals surface area (Å²) in [6, 6.07) is 17.7. The summed E-state index contributed by atoms with van der Waals surface area (Å²) in [7, 11) is -2.88. The SMILES string of the molecule is C=S1(=O)NC(=NCc2ncccc2C#N)Nc2c(Oc3ccccc3Cl)cccc21. The van der Waals surface area contributed by atoms with Gasteiger partial charge in [-0.15, -0.1) is 0 Å². The molecule has 2 N–H and O–H groups in total. The number of hydrogen-bond acceptors (Lipinski definition) is 5. The predicted octanol–water partition coefficient (Wildman–Crippen LogP) is 3.96. The highest BCUT2D eigenvalue weighted by Crippen LogP contribution is 2.38. The van der Waals surface area contributed by atoms with Crippen molar-refractivity contribution in [2.75, 3.05) is 5.32 Å². The average Bonchev–Trinajstić information content (AvgIpc) is 2.74. The summed E-state index contributed by atoms with van der Waals surface area (Å²) in [5.41, 5.74) is 1.42. The number of benzene rings is 2. The maximum absolute atomic E-state index is 13.2. The van der Waals surface area contributed by atoms with Crippen molar-refractivity contribution in [3.8, 4) is 17.6 Å². The number of nitrogens with zero attached hydrogens (tertiary/aromatic N) is 3. The van der Waals surface area contributed by atoms with Gasteiger partial charge in [-0.1, -0.05) is 29.8 Å². The van der Waals surface area contributed by atoms with Crippen molar-refractivity contribution in [2.24, 2.45) is 4.99 Å². The van der Waals surface area contributed by atoms with Crippen LogP contribution in [0.5, 0.6) is 11.5 Å². The van der Waals surface area contributed by atoms with Gasteiger partial charge >= 0.3 is 0 Å². The van der Waals surface area contributed by atoms with E-state index in [1.807, 2.05) is 6.07 Å². The highest BCUT2D eigenvalue weighted by molar-refractivity contribution is 7.99. The van der Waals surface area contributed by atoms with E-state index in [1.165, 1.54) is 0 Å². The number of halogens is 1. The van der Waals surface area contributed by atoms with Crippen LogP contribution in [0.3, 0.4) is 0 Å². The van der Waals surface area contributed by atoms with Gasteiger partial charge in [-0.25, -0.2) is 9.20 Å². The lowest BCUT2D eigenvalue weighted by Gasteiger charge is -2.26. The second-order valence-corrected chi connectivity index (χ2v) is 8.74. The third kappa shape index (κ3) is 3.94. The van der Waals surface area contributed by atoms with Crippen LogP contribution in [0.25, 0.3) is 0 Å². The van der Waals surface area contributed by atoms with E-state index in [0.717, 1.165) is 0 Å². The number of hydrogen-bond donors (Lipinski definition) is 2. The summed E-state index contributed by atoms with van der Waals surface area (Å²) in [6.45, 7) is 0.122. The van der Waals surface area contributed by atoms with Crippen LogP contribution >= 0.6 is 11.6 Å². The van der Waals surface area contributed by atoms with E-state index >= 15 is 0 Å². The maximum atomic E-state index is 13.2. The quantitative estimate of drug-likeness (QED) is 0.602. The second kappa shape index (κ2) is 8.06. The van der Waals surface area contributed by atoms with Gasteiger partial charge in [-0.3, -0.25) is 9.71 Å². The van der Waals surface area contributed by atoms with E-state index in [4.69, 9.17) is 16.3 Å². The number of nitriles is 1. The number of fused-ring (bicyclic) bond motifs is 1. The maximum Gasteiger partial charge on any atom is 0.208 e. The Balaban J connectivity index is 1.69. The van der Waals surface area contributed by atoms with E-state index in [1.54, 1.807) is 54.7 Å². The molecule has 1 aliphatic heterocycles. The molecule has 4 rings (SSSR count). The van der Waals surface area contributed by atoms with Crippen LogP contribution in [0, 0.1) is 11.3 Å². The van der Waals surface area contributed by atoms with Gasteiger partial charge in [-0.2, -0.15) is 5.26 Å². The topological polar surface area (TPSA) is 99.4 Å². The van der Waals surface area contributed by atoms with Crippen LogP contribution in [0.15, 0.2) is 70.7 Å². The lowest BCUT2D eigenvalue weighted by Crippen LogP contribution is -2.40. The first kappa shape index (κ1) is 19.8. The van der Waals surface area contributed by atoms with E-state index in [0.29, 0.717) is 38.4 Å². The zero-order valence-electron chi connectivity index (χ0n) is 15.6. The van der Waals surface area contributed by atoms with Gasteiger partial charge in [-0.05, 0) is 42.3 Å². The summed E-state index contributed by atoms with van der Waals surface area (Å²) in [5, 5.41) is 12.8. The molecule has 1 aromatic heterocycles. The van der Waals surface area contributed by atoms with Gasteiger partial charge in [0.1, 0.15) is 17.5 Å². The highest BCUT2D eigenvalue weighted by Gasteiger charge is 2.25. The molecule has 150 valence electrons. The molecule has 0 amide bonds. The third-order valence-electron chi connectivity index (χ3n) is 4.30. The highest BCUT2D eigenvalue weighted by atomic mass is 35.5. The second-order valence-electron chi connectivity index (χ2n) is 6.34. The van der Waals surface area contributed by atoms with Crippen molar-refractivity contribution in [1.29, 1.82) is 5.26 Å². The van der Waals surface area contributed by atoms with E-state index in [2.05, 4.69) is 32.0 Å². The largest absolute Gasteiger partial charge is 0.454 e. The number of nitrogens with one attached hydrogen (secondary N) is 2. The molecule has 3 aromatic rings. The minimum atomic E-state index is -2.88. The summed E-state index contributed by atoms with van der Waals surface area (Å²) in [5.74, 6) is 4.96. The molecule has 7 nitrogen and oxygen atoms in total. The van der Waals surface area contributed by atoms with Crippen molar-refractivity contribution >= 4 is 38.8 Å². The molecule has 1 atom stereocenters. The summed E-state index contributed by atoms with van der Waals surface area (Å²) in [6.07, 6.45) is 1.59. The summed E-state index contributed by atoms with van der Waals surface area (Å²) in [4.78, 5) is 9.05. The number of pyridine rings is 1. The van der Waals surface area contributed by atoms with Gasteiger partial charge in [0.05, 0.1) is 37.4 Å². The number of rotatable bonds is 4. The van der Waals surface area contributed by atoms with Crippen LogP contribution in [-0.2, 0) is 16.3 Å². The van der Waals surface area contributed by atoms with Gasteiger partial charge in [0, 0.05) is 6.20 Å². The minimum absolute atomic E-state index is 0.122. The Morgan fingerprint density at radius 2 is 1.97 bits per heavy atom. The number of anilines is 1. The van der Waals surface area contributed by atoms with E-state index in [-0.39, 0.29) is 12.5 Å². The van der Waals surface area contributed by atoms with Crippen LogP contribution in [0.1, 0.15) is 11.3 Å². The van der Waals surface area contributed by atoms with Gasteiger partial charge in [0.25, 0.3) is 0 Å². The Morgan fingerprint density at radius 1 is 1.17 bits per heavy atom. The Labute approximate surface area is 179 Å². The summed E-state index contributed by atoms with van der Waals surface area (Å²) >= 11 is 6.20. The smallest absolute Gasteiger partial charge is 0.208 e. The van der Waals surface area contributed by atoms with Crippen molar-refractivity contribution in [2.45, 2.75) is 11.4 Å². The Kier molecular flexibility index (Phi) is 5.31. The lowest BCUT2D eigenvalue weighted by atomic mass is 10.2. The van der Waals surface area contributed by atoms with E-state index < -0.39 is 9.71 Å². The monoisotopic (exact) mass is 437 g/mol. The molecule has 0 radical (unpaired) electrons. The number of ether oxygens (including phenoxy) is 1. The van der Waals surface area contributed by atoms with Crippen molar-refractivity contribution in [1.82, 2.24) is 9.71 Å². The molecule has 1 aliphatic rings. The zero-order chi connectivity index (χ0) is 21.1. The van der Waals surface area contributed by atoms with Crippen LogP contribution in [0.4, 0.5) is 5.69 Å². The Hall–Kier alpha value is -3.54. The molecule has 30 heavy (non-hydrogen) atoms. The molecule has 0 bridgehead atoms. The number of guanidine groups is 1. The van der Waals surface area contributed by atoms with Crippen LogP contribution in [-0.4, -0.2) is 21.0 Å². The minimum Gasteiger partial charge on any atom is -0.454 e. The molecule has 0 aliphatic carbocycles. The van der Waals surface area contributed by atoms with Crippen LogP contribution in [0.2, 0.25) is 5.02 Å². The molecule has 0 saturated carbocycles. The first-order valence-corrected chi connectivity index (χ1v) is 10.9. The molecule has 0 spiro atoms. The fourth-order valence-electron chi connectivity index (χ4n) is 2.89. The van der Waals surface area contributed by atoms with Crippen molar-refractivity contribution in [3.05, 3.63) is 77.1 Å². The first-order valence-electron chi connectivity index (χ1n) is 8.84. The van der Waals surface area contributed by atoms with Gasteiger partial charge in [0.15, 0.2) is 5.75 Å². The molecular formula is C21H16ClN5O2S. The van der Waals surface area contributed by atoms with Gasteiger partial charge in [0.2, 0.25) is 5.96 Å². The lowest BCUT2D eigenvalue weighted by molar-refractivity contribution is 0.483. The average molecular weight is 438 g/mol. The molecule has 9 heteroatoms. The number of para-hydroxylation sites is 2. The molecule has 2 aromatic carbocycles. The molecule has 1 unspecified atom stereocenters. The fraction of sp³-hybridized carbons (Fsp3) is 0.0476. The molecular weight excluding hydrogens is 422 g/mol. The Bertz CT molecular complexity index is 1300. The third-order valence-corrected chi connectivity index (χ3v) is 6.19. The van der Waals surface area contributed by atoms with Crippen LogP contribution < -0.4 is 14.8 Å². The molecule has 2 heterocycles. The van der Waals surface area contributed by atoms with E-state index in [9.17, 15) is 9.47 Å². The normalized spacial score (nSPS) is 18.6. The van der Waals surface area contributed by atoms with Crippen molar-refractivity contribution in [3.63, 3.8) is 0 Å². The number of aromatic nitrogens is 1. The molecule has 0 fully saturated rings. The number of aliphatic imine (C=N–C) groups is 1. The fourth-order valence-corrected chi connectivity index (χ4v) is 4.38.